The summed E-state index contributed by atoms with van der Waals surface area (Å²) >= 11 is 0. The fourth-order valence-electron chi connectivity index (χ4n) is 13.4. The fraction of sp³-hybridized carbons (Fsp3) is 0.953. The van der Waals surface area contributed by atoms with Crippen LogP contribution in [0.5, 0.6) is 0 Å². The van der Waals surface area contributed by atoms with Crippen LogP contribution >= 0.6 is 15.6 Å². The summed E-state index contributed by atoms with van der Waals surface area (Å²) < 4.78 is 68.9. The SMILES string of the molecule is CCCCCCCCCCCCCCCCCCCCCCC(=O)O[C@H](COC(=O)CCCCCCCCCCCCCCCCCCCC)COP(=O)(O)OC[C@@H](O)COP(=O)(O)OC[C@@H](COC(=O)CCCCCCCCCC(C)C)OC(=O)CCCCCCCCCCCCCCCCC(C)C. The monoisotopic (exact) mass is 1540 g/mol. The molecule has 17 nitrogen and oxygen atoms in total. The third-order valence-electron chi connectivity index (χ3n) is 20.2. The molecule has 0 aliphatic carbocycles. The molecule has 0 heterocycles. The molecule has 0 aromatic carbocycles. The normalized spacial score (nSPS) is 13.8. The molecule has 0 aliphatic heterocycles. The predicted molar refractivity (Wildman–Crippen MR) is 432 cm³/mol. The van der Waals surface area contributed by atoms with Crippen molar-refractivity contribution in [3.8, 4) is 0 Å². The Labute approximate surface area is 645 Å². The molecule has 2 unspecified atom stereocenters. The van der Waals surface area contributed by atoms with Gasteiger partial charge in [0.1, 0.15) is 19.3 Å². The summed E-state index contributed by atoms with van der Waals surface area (Å²) in [6, 6.07) is 0. The summed E-state index contributed by atoms with van der Waals surface area (Å²) in [4.78, 5) is 73.2. The van der Waals surface area contributed by atoms with Crippen molar-refractivity contribution >= 4 is 39.5 Å². The summed E-state index contributed by atoms with van der Waals surface area (Å²) in [5, 5.41) is 10.7. The number of phosphoric ester groups is 2. The van der Waals surface area contributed by atoms with Crippen molar-refractivity contribution in [1.29, 1.82) is 0 Å². The molecule has 0 saturated heterocycles. The van der Waals surface area contributed by atoms with Crippen molar-refractivity contribution in [2.24, 2.45) is 11.8 Å². The molecule has 0 aromatic heterocycles. The van der Waals surface area contributed by atoms with Crippen LogP contribution in [0.4, 0.5) is 0 Å². The van der Waals surface area contributed by atoms with Crippen molar-refractivity contribution in [1.82, 2.24) is 0 Å². The fourth-order valence-corrected chi connectivity index (χ4v) is 15.0. The number of hydrogen-bond donors (Lipinski definition) is 3. The molecule has 0 aliphatic rings. The Morgan fingerprint density at radius 1 is 0.257 bits per heavy atom. The lowest BCUT2D eigenvalue weighted by atomic mass is 10.0. The van der Waals surface area contributed by atoms with E-state index in [2.05, 4.69) is 41.5 Å². The first-order valence-electron chi connectivity index (χ1n) is 44.5. The van der Waals surface area contributed by atoms with Gasteiger partial charge in [0.05, 0.1) is 26.4 Å². The smallest absolute Gasteiger partial charge is 0.462 e. The van der Waals surface area contributed by atoms with E-state index in [9.17, 15) is 43.2 Å². The first kappa shape index (κ1) is 103. The number of phosphoric acid groups is 2. The van der Waals surface area contributed by atoms with Crippen molar-refractivity contribution in [3.05, 3.63) is 0 Å². The largest absolute Gasteiger partial charge is 0.472 e. The van der Waals surface area contributed by atoms with Crippen molar-refractivity contribution in [2.75, 3.05) is 39.6 Å². The molecule has 105 heavy (non-hydrogen) atoms. The highest BCUT2D eigenvalue weighted by Crippen LogP contribution is 2.45. The van der Waals surface area contributed by atoms with Crippen LogP contribution in [0.3, 0.4) is 0 Å². The van der Waals surface area contributed by atoms with Gasteiger partial charge in [0, 0.05) is 25.7 Å². The maximum Gasteiger partial charge on any atom is 0.472 e. The third kappa shape index (κ3) is 79.9. The lowest BCUT2D eigenvalue weighted by molar-refractivity contribution is -0.161. The maximum atomic E-state index is 13.1. The van der Waals surface area contributed by atoms with Gasteiger partial charge in [-0.1, -0.05) is 408 Å². The molecule has 0 radical (unpaired) electrons. The summed E-state index contributed by atoms with van der Waals surface area (Å²) in [6.07, 6.45) is 69.6. The minimum atomic E-state index is -4.97. The molecular formula is C86H168O17P2. The Kier molecular flexibility index (Phi) is 76.0. The summed E-state index contributed by atoms with van der Waals surface area (Å²) in [6.45, 7) is 9.64. The van der Waals surface area contributed by atoms with Crippen LogP contribution in [0.2, 0.25) is 0 Å². The number of ether oxygens (including phenoxy) is 4. The molecule has 0 amide bonds. The number of rotatable bonds is 85. The van der Waals surface area contributed by atoms with Crippen LogP contribution in [0.15, 0.2) is 0 Å². The summed E-state index contributed by atoms with van der Waals surface area (Å²) in [5.41, 5.74) is 0. The molecule has 5 atom stereocenters. The van der Waals surface area contributed by atoms with E-state index < -0.39 is 97.5 Å². The van der Waals surface area contributed by atoms with E-state index in [-0.39, 0.29) is 25.7 Å². The molecule has 624 valence electrons. The van der Waals surface area contributed by atoms with E-state index >= 15 is 0 Å². The van der Waals surface area contributed by atoms with Gasteiger partial charge in [-0.05, 0) is 37.5 Å². The molecule has 19 heteroatoms. The highest BCUT2D eigenvalue weighted by atomic mass is 31.2. The van der Waals surface area contributed by atoms with Crippen LogP contribution < -0.4 is 0 Å². The van der Waals surface area contributed by atoms with Crippen LogP contribution in [0.25, 0.3) is 0 Å². The predicted octanol–water partition coefficient (Wildman–Crippen LogP) is 26.2. The van der Waals surface area contributed by atoms with Crippen LogP contribution in [0.1, 0.15) is 459 Å². The van der Waals surface area contributed by atoms with E-state index in [1.165, 1.54) is 270 Å². The average Bonchev–Trinajstić information content (AvgIpc) is 0.910. The van der Waals surface area contributed by atoms with E-state index in [0.29, 0.717) is 31.6 Å². The quantitative estimate of drug-likeness (QED) is 0.0222. The molecule has 0 fully saturated rings. The second kappa shape index (κ2) is 77.4. The van der Waals surface area contributed by atoms with Gasteiger partial charge in [0.2, 0.25) is 0 Å². The second-order valence-corrected chi connectivity index (χ2v) is 34.8. The van der Waals surface area contributed by atoms with Gasteiger partial charge < -0.3 is 33.8 Å². The van der Waals surface area contributed by atoms with E-state index in [1.54, 1.807) is 0 Å². The highest BCUT2D eigenvalue weighted by Gasteiger charge is 2.30. The standard InChI is InChI=1S/C86H168O17P2/c1-7-9-11-13-15-17-19-21-23-25-27-28-30-32-37-41-45-51-58-64-70-85(90)102-81(74-96-83(88)68-62-56-50-44-40-36-31-29-26-24-22-20-18-16-14-12-10-8-2)76-100-104(92,93)98-72-80(87)73-99-105(94,95)101-77-82(75-97-84(89)69-63-57-53-47-49-55-61-67-79(5)6)103-86(91)71-65-59-52-46-42-38-34-33-35-39-43-48-54-60-66-78(3)4/h78-82,87H,7-77H2,1-6H3,(H,92,93)(H,94,95)/t80-,81-,82-/m1/s1. The Bertz CT molecular complexity index is 2010. The van der Waals surface area contributed by atoms with Crippen LogP contribution in [-0.2, 0) is 65.4 Å². The number of carbonyl (C=O) groups is 4. The zero-order chi connectivity index (χ0) is 77.1. The lowest BCUT2D eigenvalue weighted by Gasteiger charge is -2.21. The van der Waals surface area contributed by atoms with Crippen LogP contribution in [0, 0.1) is 11.8 Å². The number of esters is 4. The van der Waals surface area contributed by atoms with Gasteiger partial charge in [0.25, 0.3) is 0 Å². The maximum absolute atomic E-state index is 13.1. The molecule has 0 bridgehead atoms. The van der Waals surface area contributed by atoms with Crippen molar-refractivity contribution in [3.63, 3.8) is 0 Å². The zero-order valence-electron chi connectivity index (χ0n) is 69.0. The Hall–Kier alpha value is -1.94. The minimum Gasteiger partial charge on any atom is -0.462 e. The summed E-state index contributed by atoms with van der Waals surface area (Å²) in [5.74, 6) is -0.603. The first-order chi connectivity index (χ1) is 50.9. The molecule has 0 spiro atoms. The molecule has 0 saturated carbocycles. The Balaban J connectivity index is 5.23. The number of aliphatic hydroxyl groups excluding tert-OH is 1. The van der Waals surface area contributed by atoms with E-state index in [4.69, 9.17) is 37.0 Å². The van der Waals surface area contributed by atoms with Gasteiger partial charge in [-0.25, -0.2) is 9.13 Å². The second-order valence-electron chi connectivity index (χ2n) is 31.9. The molecule has 3 N–H and O–H groups in total. The van der Waals surface area contributed by atoms with Crippen LogP contribution in [-0.4, -0.2) is 96.7 Å². The lowest BCUT2D eigenvalue weighted by Crippen LogP contribution is -2.30. The van der Waals surface area contributed by atoms with Crippen molar-refractivity contribution in [2.45, 2.75) is 477 Å². The highest BCUT2D eigenvalue weighted by molar-refractivity contribution is 7.47. The van der Waals surface area contributed by atoms with E-state index in [1.807, 2.05) is 0 Å². The average molecular weight is 1540 g/mol. The molecule has 0 aromatic rings. The van der Waals surface area contributed by atoms with Gasteiger partial charge >= 0.3 is 39.5 Å². The number of carbonyl (C=O) groups excluding carboxylic acids is 4. The Morgan fingerprint density at radius 2 is 0.438 bits per heavy atom. The number of hydrogen-bond acceptors (Lipinski definition) is 15. The first-order valence-corrected chi connectivity index (χ1v) is 47.5. The Morgan fingerprint density at radius 3 is 0.648 bits per heavy atom. The molecular weight excluding hydrogens is 1370 g/mol. The van der Waals surface area contributed by atoms with E-state index in [0.717, 1.165) is 102 Å². The topological polar surface area (TPSA) is 237 Å². The number of unbranched alkanes of at least 4 members (excludes halogenated alkanes) is 55. The summed E-state index contributed by atoms with van der Waals surface area (Å²) in [7, 11) is -9.93. The van der Waals surface area contributed by atoms with Gasteiger partial charge in [-0.2, -0.15) is 0 Å². The third-order valence-corrected chi connectivity index (χ3v) is 22.1. The minimum absolute atomic E-state index is 0.107. The van der Waals surface area contributed by atoms with Gasteiger partial charge in [-0.15, -0.1) is 0 Å². The number of aliphatic hydroxyl groups is 1. The molecule has 0 rings (SSSR count). The van der Waals surface area contributed by atoms with Gasteiger partial charge in [-0.3, -0.25) is 37.3 Å². The van der Waals surface area contributed by atoms with Crippen molar-refractivity contribution < 1.29 is 80.2 Å². The zero-order valence-corrected chi connectivity index (χ0v) is 70.8. The van der Waals surface area contributed by atoms with Gasteiger partial charge in [0.15, 0.2) is 12.2 Å².